The van der Waals surface area contributed by atoms with Gasteiger partial charge in [0.15, 0.2) is 5.69 Å². The van der Waals surface area contributed by atoms with Crippen molar-refractivity contribution in [2.45, 2.75) is 70.8 Å². The Kier molecular flexibility index (Phi) is 8.26. The molecule has 0 unspecified atom stereocenters. The van der Waals surface area contributed by atoms with Gasteiger partial charge in [-0.2, -0.15) is 18.3 Å². The zero-order chi connectivity index (χ0) is 26.0. The highest BCUT2D eigenvalue weighted by atomic mass is 35.5. The van der Waals surface area contributed by atoms with E-state index in [0.29, 0.717) is 36.6 Å². The summed E-state index contributed by atoms with van der Waals surface area (Å²) >= 11 is 6.60. The summed E-state index contributed by atoms with van der Waals surface area (Å²) in [7, 11) is 1.40. The minimum atomic E-state index is -4.40. The molecule has 2 aromatic rings. The number of hydrogen-bond acceptors (Lipinski definition) is 5. The van der Waals surface area contributed by atoms with Crippen LogP contribution in [-0.4, -0.2) is 52.3 Å². The van der Waals surface area contributed by atoms with E-state index in [9.17, 15) is 23.1 Å². The first-order valence-corrected chi connectivity index (χ1v) is 12.0. The molecule has 1 fully saturated rings. The summed E-state index contributed by atoms with van der Waals surface area (Å²) < 4.78 is 45.8. The fourth-order valence-corrected chi connectivity index (χ4v) is 4.51. The third-order valence-electron chi connectivity index (χ3n) is 6.52. The standard InChI is InChI=1S/C24H32ClF3N4O3/c1-5-32-21(17-7-6-16(12-18(17)35-4)30-15(3)24(26,27)28)19(25)20(31-32)22(33)29-13-23(34)10-8-14(2)9-11-23/h6-7,12,14-15,30,34H,5,8-11,13H2,1-4H3,(H,29,33)/t14?,15-,23?/m1/s1. The number of aliphatic hydroxyl groups is 1. The Balaban J connectivity index is 1.85. The Morgan fingerprint density at radius 3 is 2.60 bits per heavy atom. The van der Waals surface area contributed by atoms with Crippen LogP contribution in [0.5, 0.6) is 5.75 Å². The molecule has 1 atom stereocenters. The number of halogens is 4. The molecular formula is C24H32ClF3N4O3. The fourth-order valence-electron chi connectivity index (χ4n) is 4.18. The van der Waals surface area contributed by atoms with Gasteiger partial charge in [0.2, 0.25) is 0 Å². The molecule has 1 amide bonds. The average Bonchev–Trinajstić information content (AvgIpc) is 3.15. The minimum Gasteiger partial charge on any atom is -0.496 e. The molecule has 194 valence electrons. The van der Waals surface area contributed by atoms with Crippen molar-refractivity contribution in [2.24, 2.45) is 5.92 Å². The van der Waals surface area contributed by atoms with Gasteiger partial charge in [-0.3, -0.25) is 9.48 Å². The quantitative estimate of drug-likeness (QED) is 0.445. The largest absolute Gasteiger partial charge is 0.496 e. The average molecular weight is 517 g/mol. The summed E-state index contributed by atoms with van der Waals surface area (Å²) in [5.74, 6) is 0.321. The lowest BCUT2D eigenvalue weighted by atomic mass is 9.79. The summed E-state index contributed by atoms with van der Waals surface area (Å²) in [5.41, 5.74) is 0.172. The number of amides is 1. The van der Waals surface area contributed by atoms with Crippen molar-refractivity contribution >= 4 is 23.2 Å². The Morgan fingerprint density at radius 1 is 1.37 bits per heavy atom. The molecule has 1 aromatic carbocycles. The van der Waals surface area contributed by atoms with Crippen LogP contribution < -0.4 is 15.4 Å². The van der Waals surface area contributed by atoms with E-state index in [1.165, 1.54) is 23.9 Å². The summed E-state index contributed by atoms with van der Waals surface area (Å²) in [6, 6.07) is 2.76. The maximum Gasteiger partial charge on any atom is 0.408 e. The van der Waals surface area contributed by atoms with Crippen LogP contribution in [0.2, 0.25) is 5.02 Å². The highest BCUT2D eigenvalue weighted by Gasteiger charge is 2.36. The minimum absolute atomic E-state index is 0.00578. The van der Waals surface area contributed by atoms with E-state index in [2.05, 4.69) is 22.7 Å². The molecule has 1 aliphatic rings. The molecule has 1 aromatic heterocycles. The second-order valence-corrected chi connectivity index (χ2v) is 9.62. The molecule has 1 saturated carbocycles. The van der Waals surface area contributed by atoms with Crippen LogP contribution in [0.15, 0.2) is 18.2 Å². The third-order valence-corrected chi connectivity index (χ3v) is 6.88. The fraction of sp³-hybridized carbons (Fsp3) is 0.583. The van der Waals surface area contributed by atoms with E-state index in [4.69, 9.17) is 16.3 Å². The number of carbonyl (C=O) groups excluding carboxylic acids is 1. The number of hydrogen-bond donors (Lipinski definition) is 3. The van der Waals surface area contributed by atoms with Crippen molar-refractivity contribution in [3.63, 3.8) is 0 Å². The number of alkyl halides is 3. The molecule has 0 spiro atoms. The number of aryl methyl sites for hydroxylation is 1. The lowest BCUT2D eigenvalue weighted by Crippen LogP contribution is -2.45. The van der Waals surface area contributed by atoms with Crippen molar-refractivity contribution < 1.29 is 27.8 Å². The smallest absolute Gasteiger partial charge is 0.408 e. The normalized spacial score (nSPS) is 21.5. The molecule has 0 bridgehead atoms. The van der Waals surface area contributed by atoms with E-state index in [1.807, 2.05) is 6.92 Å². The molecule has 3 N–H and O–H groups in total. The van der Waals surface area contributed by atoms with E-state index < -0.39 is 23.7 Å². The van der Waals surface area contributed by atoms with Crippen LogP contribution in [0.25, 0.3) is 11.3 Å². The number of aromatic nitrogens is 2. The highest BCUT2D eigenvalue weighted by Crippen LogP contribution is 2.39. The molecule has 0 saturated heterocycles. The van der Waals surface area contributed by atoms with Gasteiger partial charge in [-0.15, -0.1) is 0 Å². The molecule has 35 heavy (non-hydrogen) atoms. The van der Waals surface area contributed by atoms with Crippen molar-refractivity contribution in [3.05, 3.63) is 28.9 Å². The van der Waals surface area contributed by atoms with Gasteiger partial charge in [-0.25, -0.2) is 0 Å². The van der Waals surface area contributed by atoms with Crippen molar-refractivity contribution in [1.29, 1.82) is 0 Å². The van der Waals surface area contributed by atoms with Crippen LogP contribution in [0, 0.1) is 5.92 Å². The van der Waals surface area contributed by atoms with Crippen LogP contribution in [0.4, 0.5) is 18.9 Å². The first-order chi connectivity index (χ1) is 16.4. The van der Waals surface area contributed by atoms with Gasteiger partial charge < -0.3 is 20.5 Å². The van der Waals surface area contributed by atoms with Gasteiger partial charge in [0.25, 0.3) is 5.91 Å². The summed E-state index contributed by atoms with van der Waals surface area (Å²) in [6.07, 6.45) is -1.38. The maximum absolute atomic E-state index is 12.9. The molecule has 11 heteroatoms. The zero-order valence-corrected chi connectivity index (χ0v) is 21.1. The number of ether oxygens (including phenoxy) is 1. The number of rotatable bonds is 8. The molecule has 7 nitrogen and oxygen atoms in total. The van der Waals surface area contributed by atoms with Crippen molar-refractivity contribution in [3.8, 4) is 17.0 Å². The number of benzene rings is 1. The molecular weight excluding hydrogens is 485 g/mol. The molecule has 0 radical (unpaired) electrons. The predicted molar refractivity (Wildman–Crippen MR) is 129 cm³/mol. The predicted octanol–water partition coefficient (Wildman–Crippen LogP) is 5.27. The first kappa shape index (κ1) is 27.1. The van der Waals surface area contributed by atoms with Crippen LogP contribution in [0.1, 0.15) is 56.9 Å². The Hall–Kier alpha value is -2.46. The van der Waals surface area contributed by atoms with Crippen LogP contribution in [-0.2, 0) is 6.54 Å². The maximum atomic E-state index is 12.9. The van der Waals surface area contributed by atoms with E-state index in [-0.39, 0.29) is 28.7 Å². The Morgan fingerprint density at radius 2 is 2.03 bits per heavy atom. The number of anilines is 1. The number of methoxy groups -OCH3 is 1. The second kappa shape index (κ2) is 10.7. The van der Waals surface area contributed by atoms with E-state index in [0.717, 1.165) is 19.8 Å². The Bertz CT molecular complexity index is 1050. The zero-order valence-electron chi connectivity index (χ0n) is 20.3. The second-order valence-electron chi connectivity index (χ2n) is 9.24. The van der Waals surface area contributed by atoms with Gasteiger partial charge in [0.1, 0.15) is 11.8 Å². The molecule has 3 rings (SSSR count). The third kappa shape index (κ3) is 6.22. The van der Waals surface area contributed by atoms with Gasteiger partial charge in [-0.1, -0.05) is 18.5 Å². The van der Waals surface area contributed by atoms with Crippen molar-refractivity contribution in [1.82, 2.24) is 15.1 Å². The van der Waals surface area contributed by atoms with Gasteiger partial charge >= 0.3 is 6.18 Å². The SMILES string of the molecule is CCn1nc(C(=O)NCC2(O)CCC(C)CC2)c(Cl)c1-c1ccc(N[C@H](C)C(F)(F)F)cc1OC. The van der Waals surface area contributed by atoms with Gasteiger partial charge in [0.05, 0.1) is 23.4 Å². The van der Waals surface area contributed by atoms with Crippen LogP contribution in [0.3, 0.4) is 0 Å². The summed E-state index contributed by atoms with van der Waals surface area (Å²) in [5, 5.41) is 20.4. The van der Waals surface area contributed by atoms with E-state index >= 15 is 0 Å². The number of nitrogens with zero attached hydrogens (tertiary/aromatic N) is 2. The lowest BCUT2D eigenvalue weighted by molar-refractivity contribution is -0.138. The number of nitrogens with one attached hydrogen (secondary N) is 2. The number of carbonyl (C=O) groups is 1. The monoisotopic (exact) mass is 516 g/mol. The summed E-state index contributed by atoms with van der Waals surface area (Å²) in [4.78, 5) is 12.9. The molecule has 1 aliphatic carbocycles. The lowest BCUT2D eigenvalue weighted by Gasteiger charge is -2.34. The van der Waals surface area contributed by atoms with Crippen molar-refractivity contribution in [2.75, 3.05) is 19.0 Å². The highest BCUT2D eigenvalue weighted by molar-refractivity contribution is 6.36. The summed E-state index contributed by atoms with van der Waals surface area (Å²) in [6.45, 7) is 5.49. The first-order valence-electron chi connectivity index (χ1n) is 11.7. The van der Waals surface area contributed by atoms with Gasteiger partial charge in [0, 0.05) is 30.4 Å². The van der Waals surface area contributed by atoms with E-state index in [1.54, 1.807) is 6.07 Å². The van der Waals surface area contributed by atoms with Gasteiger partial charge in [-0.05, 0) is 57.6 Å². The molecule has 0 aliphatic heterocycles. The van der Waals surface area contributed by atoms with Crippen LogP contribution >= 0.6 is 11.6 Å². The topological polar surface area (TPSA) is 88.4 Å². The Labute approximate surface area is 208 Å². The molecule has 1 heterocycles.